The van der Waals surface area contributed by atoms with E-state index < -0.39 is 11.9 Å². The SMILES string of the molecule is CCOC(=O)c1cnn(-c2cc(C)c3cccc(OC)c3n2)c1NC(=O)/C=C/c1ccc(C(C)C)cc1. The molecule has 0 bridgehead atoms. The van der Waals surface area contributed by atoms with E-state index in [4.69, 9.17) is 14.5 Å². The number of aryl methyl sites for hydroxylation is 1. The zero-order valence-corrected chi connectivity index (χ0v) is 21.6. The first kappa shape index (κ1) is 25.6. The highest BCUT2D eigenvalue weighted by Gasteiger charge is 2.22. The lowest BCUT2D eigenvalue weighted by atomic mass is 10.0. The van der Waals surface area contributed by atoms with Crippen molar-refractivity contribution >= 4 is 34.7 Å². The highest BCUT2D eigenvalue weighted by atomic mass is 16.5. The lowest BCUT2D eigenvalue weighted by Gasteiger charge is -2.12. The van der Waals surface area contributed by atoms with Crippen molar-refractivity contribution in [1.82, 2.24) is 14.8 Å². The first-order chi connectivity index (χ1) is 17.8. The van der Waals surface area contributed by atoms with Gasteiger partial charge in [0.2, 0.25) is 5.91 Å². The Morgan fingerprint density at radius 2 is 1.89 bits per heavy atom. The Morgan fingerprint density at radius 1 is 1.14 bits per heavy atom. The van der Waals surface area contributed by atoms with E-state index in [-0.39, 0.29) is 18.0 Å². The van der Waals surface area contributed by atoms with Gasteiger partial charge in [-0.2, -0.15) is 9.78 Å². The maximum atomic E-state index is 12.9. The quantitative estimate of drug-likeness (QED) is 0.248. The van der Waals surface area contributed by atoms with Crippen molar-refractivity contribution < 1.29 is 19.1 Å². The summed E-state index contributed by atoms with van der Waals surface area (Å²) in [6.45, 7) is 8.12. The van der Waals surface area contributed by atoms with Gasteiger partial charge in [-0.25, -0.2) is 9.78 Å². The van der Waals surface area contributed by atoms with Crippen LogP contribution in [0.1, 0.15) is 53.7 Å². The molecule has 0 aliphatic heterocycles. The second-order valence-corrected chi connectivity index (χ2v) is 8.84. The van der Waals surface area contributed by atoms with Crippen LogP contribution in [0.3, 0.4) is 0 Å². The van der Waals surface area contributed by atoms with Crippen molar-refractivity contribution in [3.05, 3.63) is 83.1 Å². The Labute approximate surface area is 215 Å². The molecule has 0 fully saturated rings. The zero-order chi connectivity index (χ0) is 26.5. The monoisotopic (exact) mass is 498 g/mol. The number of carbonyl (C=O) groups excluding carboxylic acids is 2. The largest absolute Gasteiger partial charge is 0.494 e. The highest BCUT2D eigenvalue weighted by Crippen LogP contribution is 2.29. The van der Waals surface area contributed by atoms with E-state index in [9.17, 15) is 9.59 Å². The van der Waals surface area contributed by atoms with Crippen LogP contribution in [0.2, 0.25) is 0 Å². The van der Waals surface area contributed by atoms with Crippen LogP contribution < -0.4 is 10.1 Å². The minimum atomic E-state index is -0.590. The maximum Gasteiger partial charge on any atom is 0.343 e. The molecular weight excluding hydrogens is 468 g/mol. The van der Waals surface area contributed by atoms with Crippen LogP contribution in [-0.4, -0.2) is 40.4 Å². The number of hydrogen-bond donors (Lipinski definition) is 1. The molecule has 0 saturated heterocycles. The summed E-state index contributed by atoms with van der Waals surface area (Å²) in [4.78, 5) is 30.3. The number of amides is 1. The zero-order valence-electron chi connectivity index (χ0n) is 21.6. The number of fused-ring (bicyclic) bond motifs is 1. The van der Waals surface area contributed by atoms with E-state index in [0.29, 0.717) is 23.0 Å². The van der Waals surface area contributed by atoms with Gasteiger partial charge in [-0.3, -0.25) is 4.79 Å². The van der Waals surface area contributed by atoms with Gasteiger partial charge < -0.3 is 14.8 Å². The van der Waals surface area contributed by atoms with Crippen LogP contribution in [0, 0.1) is 6.92 Å². The first-order valence-electron chi connectivity index (χ1n) is 12.1. The van der Waals surface area contributed by atoms with Gasteiger partial charge in [0, 0.05) is 11.5 Å². The minimum absolute atomic E-state index is 0.129. The highest BCUT2D eigenvalue weighted by molar-refractivity contribution is 6.06. The van der Waals surface area contributed by atoms with Crippen molar-refractivity contribution in [2.45, 2.75) is 33.6 Å². The van der Waals surface area contributed by atoms with Crippen LogP contribution in [0.25, 0.3) is 22.8 Å². The minimum Gasteiger partial charge on any atom is -0.494 e. The van der Waals surface area contributed by atoms with Gasteiger partial charge in [-0.05, 0) is 54.7 Å². The Balaban J connectivity index is 1.71. The molecule has 0 aliphatic carbocycles. The predicted molar refractivity (Wildman–Crippen MR) is 144 cm³/mol. The van der Waals surface area contributed by atoms with E-state index >= 15 is 0 Å². The molecule has 8 nitrogen and oxygen atoms in total. The van der Waals surface area contributed by atoms with Gasteiger partial charge in [-0.1, -0.05) is 50.2 Å². The number of esters is 1. The van der Waals surface area contributed by atoms with Crippen LogP contribution in [0.4, 0.5) is 5.82 Å². The number of pyridine rings is 1. The molecule has 0 unspecified atom stereocenters. The fourth-order valence-corrected chi connectivity index (χ4v) is 3.97. The van der Waals surface area contributed by atoms with E-state index in [1.807, 2.05) is 55.5 Å². The Morgan fingerprint density at radius 3 is 2.57 bits per heavy atom. The Kier molecular flexibility index (Phi) is 7.67. The third-order valence-electron chi connectivity index (χ3n) is 5.97. The Bertz CT molecular complexity index is 1470. The van der Waals surface area contributed by atoms with Gasteiger partial charge >= 0.3 is 5.97 Å². The molecule has 1 N–H and O–H groups in total. The number of benzene rings is 2. The van der Waals surface area contributed by atoms with Gasteiger partial charge in [0.25, 0.3) is 0 Å². The molecule has 1 amide bonds. The molecule has 0 aliphatic rings. The summed E-state index contributed by atoms with van der Waals surface area (Å²) < 4.78 is 12.1. The maximum absolute atomic E-state index is 12.9. The molecule has 2 aromatic carbocycles. The molecule has 190 valence electrons. The van der Waals surface area contributed by atoms with Crippen molar-refractivity contribution in [2.24, 2.45) is 0 Å². The summed E-state index contributed by atoms with van der Waals surface area (Å²) in [7, 11) is 1.58. The first-order valence-corrected chi connectivity index (χ1v) is 12.1. The normalized spacial score (nSPS) is 11.3. The number of anilines is 1. The van der Waals surface area contributed by atoms with Crippen LogP contribution in [-0.2, 0) is 9.53 Å². The fourth-order valence-electron chi connectivity index (χ4n) is 3.97. The molecule has 0 radical (unpaired) electrons. The number of nitrogens with one attached hydrogen (secondary N) is 1. The molecule has 37 heavy (non-hydrogen) atoms. The Hall–Kier alpha value is -4.46. The number of hydrogen-bond acceptors (Lipinski definition) is 6. The summed E-state index contributed by atoms with van der Waals surface area (Å²) in [6, 6.07) is 15.5. The van der Waals surface area contributed by atoms with Crippen molar-refractivity contribution in [2.75, 3.05) is 19.0 Å². The molecule has 4 rings (SSSR count). The average molecular weight is 499 g/mol. The van der Waals surface area contributed by atoms with Crippen LogP contribution in [0.5, 0.6) is 5.75 Å². The summed E-state index contributed by atoms with van der Waals surface area (Å²) in [5, 5.41) is 8.09. The van der Waals surface area contributed by atoms with Crippen LogP contribution >= 0.6 is 0 Å². The summed E-state index contributed by atoms with van der Waals surface area (Å²) in [5.41, 5.74) is 3.82. The summed E-state index contributed by atoms with van der Waals surface area (Å²) in [5.74, 6) is 0.619. The smallest absolute Gasteiger partial charge is 0.343 e. The molecule has 2 aromatic heterocycles. The number of nitrogens with zero attached hydrogens (tertiary/aromatic N) is 3. The van der Waals surface area contributed by atoms with Crippen molar-refractivity contribution in [3.8, 4) is 11.6 Å². The standard InChI is InChI=1S/C29H30N4O4/c1-6-37-29(35)23-17-30-33(25-16-19(4)22-8-7-9-24(36-5)27(22)31-25)28(23)32-26(34)15-12-20-10-13-21(14-11-20)18(2)3/h7-18H,6H2,1-5H3,(H,32,34)/b15-12+. The number of para-hydroxylation sites is 1. The molecule has 2 heterocycles. The van der Waals surface area contributed by atoms with Crippen molar-refractivity contribution in [1.29, 1.82) is 0 Å². The predicted octanol–water partition coefficient (Wildman–Crippen LogP) is 5.69. The second kappa shape index (κ2) is 11.1. The van der Waals surface area contributed by atoms with Crippen LogP contribution in [0.15, 0.2) is 60.8 Å². The second-order valence-electron chi connectivity index (χ2n) is 8.84. The lowest BCUT2D eigenvalue weighted by Crippen LogP contribution is -2.16. The molecular formula is C29H30N4O4. The molecule has 0 atom stereocenters. The molecule has 8 heteroatoms. The third kappa shape index (κ3) is 5.53. The molecule has 0 saturated carbocycles. The summed E-state index contributed by atoms with van der Waals surface area (Å²) >= 11 is 0. The number of carbonyl (C=O) groups is 2. The fraction of sp³-hybridized carbons (Fsp3) is 0.241. The number of methoxy groups -OCH3 is 1. The number of ether oxygens (including phenoxy) is 2. The topological polar surface area (TPSA) is 95.3 Å². The number of aromatic nitrogens is 3. The van der Waals surface area contributed by atoms with E-state index in [1.54, 1.807) is 20.1 Å². The molecule has 4 aromatic rings. The number of rotatable bonds is 8. The van der Waals surface area contributed by atoms with Gasteiger partial charge in [0.05, 0.1) is 19.9 Å². The van der Waals surface area contributed by atoms with E-state index in [1.165, 1.54) is 22.5 Å². The van der Waals surface area contributed by atoms with E-state index in [2.05, 4.69) is 24.3 Å². The van der Waals surface area contributed by atoms with Crippen molar-refractivity contribution in [3.63, 3.8) is 0 Å². The average Bonchev–Trinajstić information content (AvgIpc) is 3.31. The van der Waals surface area contributed by atoms with E-state index in [0.717, 1.165) is 16.5 Å². The van der Waals surface area contributed by atoms with Gasteiger partial charge in [0.15, 0.2) is 11.6 Å². The summed E-state index contributed by atoms with van der Waals surface area (Å²) in [6.07, 6.45) is 4.50. The third-order valence-corrected chi connectivity index (χ3v) is 5.97. The van der Waals surface area contributed by atoms with Gasteiger partial charge in [0.1, 0.15) is 16.8 Å². The molecule has 0 spiro atoms. The lowest BCUT2D eigenvalue weighted by molar-refractivity contribution is -0.111. The van der Waals surface area contributed by atoms with Gasteiger partial charge in [-0.15, -0.1) is 0 Å².